The van der Waals surface area contributed by atoms with Crippen LogP contribution in [0.25, 0.3) is 0 Å². The lowest BCUT2D eigenvalue weighted by Gasteiger charge is -2.30. The molecule has 0 aliphatic carbocycles. The minimum absolute atomic E-state index is 0. The van der Waals surface area contributed by atoms with Crippen LogP contribution < -0.4 is 10.6 Å². The molecule has 0 bridgehead atoms. The van der Waals surface area contributed by atoms with Crippen LogP contribution in [-0.2, 0) is 4.79 Å². The number of rotatable bonds is 6. The number of thioether (sulfide) groups is 1. The summed E-state index contributed by atoms with van der Waals surface area (Å²) in [5.74, 6) is 1.69. The summed E-state index contributed by atoms with van der Waals surface area (Å²) in [6.07, 6.45) is 2.63. The molecule has 2 N–H and O–H groups in total. The average molecular weight is 363 g/mol. The van der Waals surface area contributed by atoms with E-state index in [-0.39, 0.29) is 24.4 Å². The zero-order chi connectivity index (χ0) is 15.1. The molecule has 6 heteroatoms. The summed E-state index contributed by atoms with van der Waals surface area (Å²) in [6.45, 7) is 4.17. The van der Waals surface area contributed by atoms with E-state index in [1.165, 1.54) is 4.90 Å². The van der Waals surface area contributed by atoms with Gasteiger partial charge in [0.2, 0.25) is 5.91 Å². The van der Waals surface area contributed by atoms with Crippen LogP contribution in [0.5, 0.6) is 0 Å². The maximum absolute atomic E-state index is 11.9. The smallest absolute Gasteiger partial charge is 0.220 e. The fourth-order valence-corrected chi connectivity index (χ4v) is 3.39. The second-order valence-electron chi connectivity index (χ2n) is 5.55. The predicted molar refractivity (Wildman–Crippen MR) is 97.2 cm³/mol. The lowest BCUT2D eigenvalue weighted by atomic mass is 9.95. The second kappa shape index (κ2) is 10.4. The molecule has 1 aromatic rings. The summed E-state index contributed by atoms with van der Waals surface area (Å²) >= 11 is 7.62. The van der Waals surface area contributed by atoms with E-state index in [1.807, 2.05) is 24.3 Å². The quantitative estimate of drug-likeness (QED) is 0.598. The second-order valence-corrected chi connectivity index (χ2v) is 7.15. The van der Waals surface area contributed by atoms with Crippen molar-refractivity contribution in [1.82, 2.24) is 10.6 Å². The Morgan fingerprint density at radius 3 is 2.82 bits per heavy atom. The van der Waals surface area contributed by atoms with E-state index in [0.717, 1.165) is 36.7 Å². The van der Waals surface area contributed by atoms with Crippen molar-refractivity contribution in [3.05, 3.63) is 29.3 Å². The fraction of sp³-hybridized carbons (Fsp3) is 0.562. The Hall–Kier alpha value is -0.420. The summed E-state index contributed by atoms with van der Waals surface area (Å²) in [5, 5.41) is 7.24. The minimum atomic E-state index is 0. The molecule has 1 amide bonds. The van der Waals surface area contributed by atoms with Crippen LogP contribution in [0.3, 0.4) is 0 Å². The molecule has 0 saturated carbocycles. The molecule has 2 atom stereocenters. The van der Waals surface area contributed by atoms with Gasteiger partial charge in [0.15, 0.2) is 0 Å². The maximum Gasteiger partial charge on any atom is 0.220 e. The maximum atomic E-state index is 11.9. The first-order valence-corrected chi connectivity index (χ1v) is 8.90. The van der Waals surface area contributed by atoms with E-state index < -0.39 is 0 Å². The van der Waals surface area contributed by atoms with Crippen molar-refractivity contribution in [2.75, 3.05) is 18.8 Å². The Morgan fingerprint density at radius 1 is 1.41 bits per heavy atom. The molecule has 2 rings (SSSR count). The summed E-state index contributed by atoms with van der Waals surface area (Å²) in [4.78, 5) is 13.1. The molecule has 0 spiro atoms. The van der Waals surface area contributed by atoms with Gasteiger partial charge in [0.25, 0.3) is 0 Å². The molecule has 2 unspecified atom stereocenters. The summed E-state index contributed by atoms with van der Waals surface area (Å²) in [7, 11) is 0. The van der Waals surface area contributed by atoms with Gasteiger partial charge in [-0.2, -0.15) is 0 Å². The van der Waals surface area contributed by atoms with Crippen LogP contribution >= 0.6 is 35.8 Å². The molecule has 0 aromatic heterocycles. The number of carbonyl (C=O) groups is 1. The Balaban J connectivity index is 0.00000242. The van der Waals surface area contributed by atoms with E-state index in [2.05, 4.69) is 17.6 Å². The highest BCUT2D eigenvalue weighted by molar-refractivity contribution is 7.99. The molecule has 1 aliphatic rings. The van der Waals surface area contributed by atoms with Crippen molar-refractivity contribution >= 4 is 41.7 Å². The number of nitrogens with one attached hydrogen (secondary N) is 2. The highest BCUT2D eigenvalue weighted by Gasteiger charge is 2.22. The molecule has 0 radical (unpaired) electrons. The number of halogens is 2. The number of carbonyl (C=O) groups excluding carboxylic acids is 1. The van der Waals surface area contributed by atoms with Gasteiger partial charge in [-0.15, -0.1) is 24.2 Å². The zero-order valence-corrected chi connectivity index (χ0v) is 15.2. The van der Waals surface area contributed by atoms with Crippen LogP contribution in [-0.4, -0.2) is 30.8 Å². The lowest BCUT2D eigenvalue weighted by Crippen LogP contribution is -2.50. The van der Waals surface area contributed by atoms with Gasteiger partial charge in [-0.3, -0.25) is 4.79 Å². The van der Waals surface area contributed by atoms with Gasteiger partial charge in [-0.25, -0.2) is 0 Å². The van der Waals surface area contributed by atoms with Gasteiger partial charge in [-0.05, 0) is 55.3 Å². The summed E-state index contributed by atoms with van der Waals surface area (Å²) in [5.41, 5.74) is 0. The molecule has 1 heterocycles. The number of benzene rings is 1. The number of hydrogen-bond donors (Lipinski definition) is 2. The molecule has 1 fully saturated rings. The molecule has 3 nitrogen and oxygen atoms in total. The molecule has 124 valence electrons. The monoisotopic (exact) mass is 362 g/mol. The first-order chi connectivity index (χ1) is 10.1. The Kier molecular flexibility index (Phi) is 9.25. The fourth-order valence-electron chi connectivity index (χ4n) is 2.42. The van der Waals surface area contributed by atoms with E-state index in [1.54, 1.807) is 11.8 Å². The van der Waals surface area contributed by atoms with Crippen molar-refractivity contribution < 1.29 is 4.79 Å². The van der Waals surface area contributed by atoms with Crippen molar-refractivity contribution in [3.63, 3.8) is 0 Å². The van der Waals surface area contributed by atoms with Crippen LogP contribution in [0.1, 0.15) is 26.2 Å². The molecule has 1 saturated heterocycles. The first-order valence-electron chi connectivity index (χ1n) is 7.53. The third-order valence-corrected chi connectivity index (χ3v) is 5.15. The molecule has 1 aromatic carbocycles. The van der Waals surface area contributed by atoms with Crippen molar-refractivity contribution in [2.24, 2.45) is 5.92 Å². The van der Waals surface area contributed by atoms with E-state index in [4.69, 9.17) is 11.6 Å². The van der Waals surface area contributed by atoms with E-state index in [9.17, 15) is 4.79 Å². The topological polar surface area (TPSA) is 41.1 Å². The highest BCUT2D eigenvalue weighted by Crippen LogP contribution is 2.21. The SMILES string of the molecule is CC1CCNCC1NC(=O)CCCSc1ccc(Cl)cc1.Cl. The standard InChI is InChI=1S/C16H23ClN2OS.ClH/c1-12-8-9-18-11-15(12)19-16(20)3-2-10-21-14-6-4-13(17)5-7-14;/h4-7,12,15,18H,2-3,8-11H2,1H3,(H,19,20);1H. The van der Waals surface area contributed by atoms with Gasteiger partial charge in [0.05, 0.1) is 0 Å². The third kappa shape index (κ3) is 6.78. The van der Waals surface area contributed by atoms with E-state index in [0.29, 0.717) is 12.3 Å². The Bertz CT molecular complexity index is 456. The lowest BCUT2D eigenvalue weighted by molar-refractivity contribution is -0.122. The largest absolute Gasteiger partial charge is 0.352 e. The van der Waals surface area contributed by atoms with Gasteiger partial charge in [0, 0.05) is 28.9 Å². The van der Waals surface area contributed by atoms with Gasteiger partial charge in [0.1, 0.15) is 0 Å². The molecular formula is C16H24Cl2N2OS. The number of amides is 1. The normalized spacial score (nSPS) is 21.0. The van der Waals surface area contributed by atoms with Crippen molar-refractivity contribution in [3.8, 4) is 0 Å². The van der Waals surface area contributed by atoms with Crippen molar-refractivity contribution in [2.45, 2.75) is 37.1 Å². The van der Waals surface area contributed by atoms with Crippen LogP contribution in [0.2, 0.25) is 5.02 Å². The van der Waals surface area contributed by atoms with Gasteiger partial charge < -0.3 is 10.6 Å². The number of piperidine rings is 1. The summed E-state index contributed by atoms with van der Waals surface area (Å²) in [6, 6.07) is 8.11. The Labute approximate surface area is 148 Å². The average Bonchev–Trinajstić information content (AvgIpc) is 2.48. The van der Waals surface area contributed by atoms with Gasteiger partial charge in [-0.1, -0.05) is 18.5 Å². The molecule has 22 heavy (non-hydrogen) atoms. The molecular weight excluding hydrogens is 339 g/mol. The predicted octanol–water partition coefficient (Wildman–Crippen LogP) is 3.75. The molecule has 1 aliphatic heterocycles. The van der Waals surface area contributed by atoms with E-state index >= 15 is 0 Å². The van der Waals surface area contributed by atoms with Crippen LogP contribution in [0.4, 0.5) is 0 Å². The highest BCUT2D eigenvalue weighted by atomic mass is 35.5. The third-order valence-electron chi connectivity index (χ3n) is 3.80. The zero-order valence-electron chi connectivity index (χ0n) is 12.8. The van der Waals surface area contributed by atoms with Crippen molar-refractivity contribution in [1.29, 1.82) is 0 Å². The first kappa shape index (κ1) is 19.6. The van der Waals surface area contributed by atoms with Gasteiger partial charge >= 0.3 is 0 Å². The minimum Gasteiger partial charge on any atom is -0.352 e. The Morgan fingerprint density at radius 2 is 2.14 bits per heavy atom. The van der Waals surface area contributed by atoms with Crippen LogP contribution in [0.15, 0.2) is 29.2 Å². The summed E-state index contributed by atoms with van der Waals surface area (Å²) < 4.78 is 0. The van der Waals surface area contributed by atoms with Crippen LogP contribution in [0, 0.1) is 5.92 Å². The number of hydrogen-bond acceptors (Lipinski definition) is 3.